The number of aliphatic hydroxyl groups is 1. The van der Waals surface area contributed by atoms with Gasteiger partial charge in [-0.1, -0.05) is 0 Å². The van der Waals surface area contributed by atoms with E-state index in [4.69, 9.17) is 10.7 Å². The third kappa shape index (κ3) is 4.21. The minimum Gasteiger partial charge on any atom is -0.382 e. The highest BCUT2D eigenvalue weighted by molar-refractivity contribution is 7.91. The van der Waals surface area contributed by atoms with E-state index in [1.54, 1.807) is 32.4 Å². The minimum absolute atomic E-state index is 0.0229. The Bertz CT molecular complexity index is 1660. The van der Waals surface area contributed by atoms with Crippen LogP contribution in [0, 0.1) is 0 Å². The summed E-state index contributed by atoms with van der Waals surface area (Å²) in [6.07, 6.45) is 9.75. The van der Waals surface area contributed by atoms with E-state index in [0.29, 0.717) is 35.3 Å². The predicted molar refractivity (Wildman–Crippen MR) is 138 cm³/mol. The van der Waals surface area contributed by atoms with Crippen LogP contribution in [0.2, 0.25) is 0 Å². The first-order valence-corrected chi connectivity index (χ1v) is 14.4. The van der Waals surface area contributed by atoms with Gasteiger partial charge in [0.2, 0.25) is 5.82 Å². The first-order chi connectivity index (χ1) is 18.4. The van der Waals surface area contributed by atoms with Crippen LogP contribution in [0.4, 0.5) is 5.82 Å². The van der Waals surface area contributed by atoms with Crippen molar-refractivity contribution in [2.75, 3.05) is 12.0 Å². The average Bonchev–Trinajstić information content (AvgIpc) is 3.61. The Balaban J connectivity index is 1.42. The maximum Gasteiger partial charge on any atom is 0.291 e. The van der Waals surface area contributed by atoms with E-state index in [-0.39, 0.29) is 46.3 Å². The van der Waals surface area contributed by atoms with E-state index >= 15 is 0 Å². The van der Waals surface area contributed by atoms with Crippen molar-refractivity contribution in [1.82, 2.24) is 44.6 Å². The second-order valence-electron chi connectivity index (χ2n) is 10.7. The molecule has 4 aromatic rings. The number of sulfone groups is 1. The Morgan fingerprint density at radius 1 is 1.13 bits per heavy atom. The van der Waals surface area contributed by atoms with Crippen LogP contribution in [0.15, 0.2) is 29.8 Å². The van der Waals surface area contributed by atoms with Crippen LogP contribution in [0.1, 0.15) is 67.6 Å². The molecule has 4 N–H and O–H groups in total. The average molecular weight is 553 g/mol. The third-order valence-electron chi connectivity index (χ3n) is 7.52. The third-order valence-corrected chi connectivity index (χ3v) is 8.68. The van der Waals surface area contributed by atoms with Crippen LogP contribution in [0.25, 0.3) is 16.8 Å². The van der Waals surface area contributed by atoms with Crippen molar-refractivity contribution in [1.29, 1.82) is 0 Å². The smallest absolute Gasteiger partial charge is 0.291 e. The fourth-order valence-electron chi connectivity index (χ4n) is 5.82. The molecule has 1 unspecified atom stereocenters. The molecule has 6 rings (SSSR count). The first-order valence-electron chi connectivity index (χ1n) is 12.5. The molecule has 4 aromatic heterocycles. The summed E-state index contributed by atoms with van der Waals surface area (Å²) in [5.74, 6) is -0.0255. The molecule has 0 spiro atoms. The number of carbonyl (C=O) groups excluding carboxylic acids is 1. The van der Waals surface area contributed by atoms with Crippen molar-refractivity contribution < 1.29 is 18.3 Å². The van der Waals surface area contributed by atoms with Crippen molar-refractivity contribution >= 4 is 27.2 Å². The second-order valence-corrected chi connectivity index (χ2v) is 12.7. The van der Waals surface area contributed by atoms with Crippen LogP contribution in [0.5, 0.6) is 0 Å². The van der Waals surface area contributed by atoms with E-state index in [0.717, 1.165) is 19.1 Å². The number of hydrogen-bond donors (Lipinski definition) is 3. The molecule has 15 heteroatoms. The molecule has 0 radical (unpaired) electrons. The number of anilines is 1. The van der Waals surface area contributed by atoms with E-state index in [2.05, 4.69) is 30.2 Å². The number of H-pyrrole nitrogens is 1. The lowest BCUT2D eigenvalue weighted by atomic mass is 9.87. The Kier molecular flexibility index (Phi) is 5.69. The maximum absolute atomic E-state index is 13.1. The van der Waals surface area contributed by atoms with E-state index < -0.39 is 15.4 Å². The molecule has 0 aromatic carbocycles. The van der Waals surface area contributed by atoms with Gasteiger partial charge in [0.1, 0.15) is 22.6 Å². The van der Waals surface area contributed by atoms with Gasteiger partial charge in [0.05, 0.1) is 11.9 Å². The number of fused-ring (bicyclic) bond motifs is 3. The molecule has 2 saturated heterocycles. The zero-order valence-corrected chi connectivity index (χ0v) is 22.4. The van der Waals surface area contributed by atoms with Crippen molar-refractivity contribution in [3.63, 3.8) is 0 Å². The number of carbonyl (C=O) groups is 1. The summed E-state index contributed by atoms with van der Waals surface area (Å²) in [6.45, 7) is 3.19. The summed E-state index contributed by atoms with van der Waals surface area (Å²) in [6, 6.07) is -0.185. The Hall–Kier alpha value is -3.98. The Morgan fingerprint density at radius 2 is 1.79 bits per heavy atom. The molecule has 2 aliphatic rings. The van der Waals surface area contributed by atoms with Gasteiger partial charge in [-0.25, -0.2) is 28.4 Å². The lowest BCUT2D eigenvalue weighted by Crippen LogP contribution is -2.46. The Morgan fingerprint density at radius 3 is 2.36 bits per heavy atom. The van der Waals surface area contributed by atoms with Crippen molar-refractivity contribution in [2.24, 2.45) is 0 Å². The van der Waals surface area contributed by atoms with Gasteiger partial charge < -0.3 is 15.7 Å². The summed E-state index contributed by atoms with van der Waals surface area (Å²) >= 11 is 0. The number of piperidine rings is 1. The number of aromatic amines is 1. The summed E-state index contributed by atoms with van der Waals surface area (Å²) in [4.78, 5) is 32.3. The van der Waals surface area contributed by atoms with Crippen molar-refractivity contribution in [3.8, 4) is 11.1 Å². The van der Waals surface area contributed by atoms with Gasteiger partial charge in [0.15, 0.2) is 21.3 Å². The molecule has 6 heterocycles. The van der Waals surface area contributed by atoms with Crippen molar-refractivity contribution in [3.05, 3.63) is 42.3 Å². The fourth-order valence-corrected chi connectivity index (χ4v) is 6.88. The molecule has 2 aliphatic heterocycles. The molecule has 2 fully saturated rings. The van der Waals surface area contributed by atoms with E-state index in [1.807, 2.05) is 4.90 Å². The molecular weight excluding hydrogens is 524 g/mol. The van der Waals surface area contributed by atoms with Gasteiger partial charge in [-0.2, -0.15) is 14.7 Å². The molecule has 0 saturated carbocycles. The van der Waals surface area contributed by atoms with Gasteiger partial charge in [-0.3, -0.25) is 9.89 Å². The van der Waals surface area contributed by atoms with Crippen LogP contribution < -0.4 is 5.73 Å². The highest BCUT2D eigenvalue weighted by Crippen LogP contribution is 2.45. The summed E-state index contributed by atoms with van der Waals surface area (Å²) in [5.41, 5.74) is 7.16. The molecule has 3 atom stereocenters. The quantitative estimate of drug-likeness (QED) is 0.320. The molecule has 204 valence electrons. The standard InChI is InChI=1S/C24H28N10O4S/c1-24(2,36)23-26-8-13(9-27-23)16-10-30-34-19(25)18(39(3,37)38)17(31-21(16)34)12-6-14-4-5-15(7-12)33(14)22(35)20-28-11-29-32-20/h8-12,14-15,36H,4-7,25H2,1-3H3,(H,28,29,32)/t12?,14-,15+. The number of rotatable bonds is 5. The Labute approximate surface area is 223 Å². The monoisotopic (exact) mass is 552 g/mol. The van der Waals surface area contributed by atoms with Gasteiger partial charge in [0.25, 0.3) is 5.91 Å². The highest BCUT2D eigenvalue weighted by Gasteiger charge is 2.46. The maximum atomic E-state index is 13.1. The molecule has 39 heavy (non-hydrogen) atoms. The normalized spacial score (nSPS) is 21.5. The number of hydrogen-bond acceptors (Lipinski definition) is 11. The van der Waals surface area contributed by atoms with Gasteiger partial charge >= 0.3 is 0 Å². The minimum atomic E-state index is -3.77. The highest BCUT2D eigenvalue weighted by atomic mass is 32.2. The van der Waals surface area contributed by atoms with Gasteiger partial charge in [-0.15, -0.1) is 0 Å². The molecule has 1 amide bonds. The number of aromatic nitrogens is 8. The van der Waals surface area contributed by atoms with Crippen molar-refractivity contribution in [2.45, 2.75) is 68.0 Å². The topological polar surface area (TPSA) is 198 Å². The van der Waals surface area contributed by atoms with E-state index in [1.165, 1.54) is 10.8 Å². The van der Waals surface area contributed by atoms with Gasteiger partial charge in [0, 0.05) is 47.8 Å². The van der Waals surface area contributed by atoms with E-state index in [9.17, 15) is 18.3 Å². The molecule has 14 nitrogen and oxygen atoms in total. The number of nitrogens with zero attached hydrogens (tertiary/aromatic N) is 8. The number of nitrogens with one attached hydrogen (secondary N) is 1. The number of nitrogen functional groups attached to an aromatic ring is 1. The number of amides is 1. The first kappa shape index (κ1) is 25.3. The lowest BCUT2D eigenvalue weighted by Gasteiger charge is -2.38. The predicted octanol–water partition coefficient (Wildman–Crippen LogP) is 1.07. The summed E-state index contributed by atoms with van der Waals surface area (Å²) in [5, 5.41) is 21.0. The SMILES string of the molecule is CC(C)(O)c1ncc(-c2cnn3c(N)c(S(C)(=O)=O)c(C4C[C@H]5CC[C@@H](C4)N5C(=O)c4ncn[nH]4)nc23)cn1. The second kappa shape index (κ2) is 8.77. The lowest BCUT2D eigenvalue weighted by molar-refractivity contribution is 0.0556. The number of nitrogens with two attached hydrogens (primary N) is 1. The van der Waals surface area contributed by atoms with Crippen LogP contribution in [-0.4, -0.2) is 82.4 Å². The summed E-state index contributed by atoms with van der Waals surface area (Å²) < 4.78 is 27.3. The van der Waals surface area contributed by atoms with Crippen LogP contribution >= 0.6 is 0 Å². The fraction of sp³-hybridized carbons (Fsp3) is 0.458. The molecular formula is C24H28N10O4S. The molecule has 0 aliphatic carbocycles. The van der Waals surface area contributed by atoms with Crippen LogP contribution in [-0.2, 0) is 15.4 Å². The zero-order chi connectivity index (χ0) is 27.7. The van der Waals surface area contributed by atoms with Gasteiger partial charge in [-0.05, 0) is 39.5 Å². The summed E-state index contributed by atoms with van der Waals surface area (Å²) in [7, 11) is -3.77. The molecule has 2 bridgehead atoms. The zero-order valence-electron chi connectivity index (χ0n) is 21.6. The largest absolute Gasteiger partial charge is 0.382 e. The van der Waals surface area contributed by atoms with Crippen LogP contribution in [0.3, 0.4) is 0 Å².